The number of allylic oxidation sites excluding steroid dienone is 3. The molecule has 176 valence electrons. The first-order chi connectivity index (χ1) is 16.0. The molecule has 0 amide bonds. The minimum absolute atomic E-state index is 0.178. The van der Waals surface area contributed by atoms with Crippen molar-refractivity contribution in [3.63, 3.8) is 0 Å². The molecule has 1 aliphatic heterocycles. The first-order valence-corrected chi connectivity index (χ1v) is 12.4. The predicted molar refractivity (Wildman–Crippen MR) is 135 cm³/mol. The van der Waals surface area contributed by atoms with E-state index in [4.69, 9.17) is 0 Å². The summed E-state index contributed by atoms with van der Waals surface area (Å²) in [5, 5.41) is 9.99. The number of hydrogen-bond acceptors (Lipinski definition) is 3. The van der Waals surface area contributed by atoms with E-state index in [1.165, 1.54) is 42.5 Å². The summed E-state index contributed by atoms with van der Waals surface area (Å²) in [5.74, 6) is 0.764. The number of nitrogens with zero attached hydrogens (tertiary/aromatic N) is 2. The first kappa shape index (κ1) is 23.6. The Bertz CT molecular complexity index is 982. The number of benzene rings is 2. The molecule has 1 unspecified atom stereocenters. The average Bonchev–Trinajstić information content (AvgIpc) is 2.83. The highest BCUT2D eigenvalue weighted by atomic mass is 19.1. The largest absolute Gasteiger partial charge is 0.508 e. The molecule has 4 heteroatoms. The van der Waals surface area contributed by atoms with Crippen LogP contribution in [0.25, 0.3) is 0 Å². The van der Waals surface area contributed by atoms with Crippen molar-refractivity contribution in [1.29, 1.82) is 0 Å². The third-order valence-corrected chi connectivity index (χ3v) is 7.24. The van der Waals surface area contributed by atoms with Gasteiger partial charge in [-0.2, -0.15) is 0 Å². The second-order valence-electron chi connectivity index (χ2n) is 9.55. The number of fused-ring (bicyclic) bond motifs is 1. The minimum Gasteiger partial charge on any atom is -0.508 e. The summed E-state index contributed by atoms with van der Waals surface area (Å²) < 4.78 is 13.5. The lowest BCUT2D eigenvalue weighted by molar-refractivity contribution is 0.337. The summed E-state index contributed by atoms with van der Waals surface area (Å²) in [6.07, 6.45) is 13.9. The number of halogens is 1. The number of unbranched alkanes of at least 4 members (excludes halogenated alkanes) is 1. The molecule has 0 bridgehead atoms. The summed E-state index contributed by atoms with van der Waals surface area (Å²) in [6, 6.07) is 12.8. The van der Waals surface area contributed by atoms with Crippen molar-refractivity contribution in [3.05, 3.63) is 83.2 Å². The number of rotatable bonds is 9. The van der Waals surface area contributed by atoms with E-state index < -0.39 is 0 Å². The van der Waals surface area contributed by atoms with Crippen LogP contribution < -0.4 is 4.90 Å². The lowest BCUT2D eigenvalue weighted by Crippen LogP contribution is -2.35. The maximum Gasteiger partial charge on any atom is 0.123 e. The summed E-state index contributed by atoms with van der Waals surface area (Å²) in [6.45, 7) is 5.37. The van der Waals surface area contributed by atoms with Crippen LogP contribution in [0, 0.1) is 11.7 Å². The van der Waals surface area contributed by atoms with E-state index in [0.717, 1.165) is 38.0 Å². The topological polar surface area (TPSA) is 26.7 Å². The maximum atomic E-state index is 13.5. The van der Waals surface area contributed by atoms with Gasteiger partial charge in [-0.05, 0) is 111 Å². The zero-order valence-corrected chi connectivity index (χ0v) is 20.0. The Labute approximate surface area is 198 Å². The van der Waals surface area contributed by atoms with Gasteiger partial charge in [0, 0.05) is 12.2 Å². The highest BCUT2D eigenvalue weighted by molar-refractivity contribution is 5.54. The molecule has 33 heavy (non-hydrogen) atoms. The van der Waals surface area contributed by atoms with E-state index in [-0.39, 0.29) is 11.9 Å². The van der Waals surface area contributed by atoms with Crippen LogP contribution in [0.4, 0.5) is 10.1 Å². The summed E-state index contributed by atoms with van der Waals surface area (Å²) in [7, 11) is 2.19. The number of phenols is 1. The van der Waals surface area contributed by atoms with Crippen LogP contribution in [0.3, 0.4) is 0 Å². The van der Waals surface area contributed by atoms with Crippen LogP contribution in [0.15, 0.2) is 66.3 Å². The number of phenolic OH excluding ortho intramolecular Hbond substituents is 1. The van der Waals surface area contributed by atoms with Gasteiger partial charge in [0.05, 0.1) is 6.04 Å². The molecule has 1 N–H and O–H groups in total. The lowest BCUT2D eigenvalue weighted by Gasteiger charge is -2.40. The molecule has 2 aromatic rings. The fourth-order valence-electron chi connectivity index (χ4n) is 5.10. The standard InChI is InChI=1S/C29H37FN2O/c1-3-31(2)18-5-4-6-22-7-9-23(10-8-22)20-29-28-16-15-27(33)21-24(28)17-19-32(29)26-13-11-25(30)12-14-26/h7,9-16,21-22,29,33H,3-6,8,17-20H2,1-2H3/t22-,29?/m1/s1. The van der Waals surface area contributed by atoms with Crippen molar-refractivity contribution in [2.75, 3.05) is 31.6 Å². The molecule has 2 aromatic carbocycles. The Kier molecular flexibility index (Phi) is 7.87. The van der Waals surface area contributed by atoms with E-state index >= 15 is 0 Å². The van der Waals surface area contributed by atoms with Crippen LogP contribution in [-0.4, -0.2) is 36.7 Å². The number of hydrogen-bond donors (Lipinski definition) is 1. The van der Waals surface area contributed by atoms with Crippen LogP contribution in [-0.2, 0) is 6.42 Å². The summed E-state index contributed by atoms with van der Waals surface area (Å²) in [5.41, 5.74) is 4.90. The molecule has 0 spiro atoms. The van der Waals surface area contributed by atoms with E-state index in [0.29, 0.717) is 11.7 Å². The van der Waals surface area contributed by atoms with Crippen molar-refractivity contribution < 1.29 is 9.50 Å². The van der Waals surface area contributed by atoms with Crippen molar-refractivity contribution in [1.82, 2.24) is 4.90 Å². The third kappa shape index (κ3) is 6.05. The summed E-state index contributed by atoms with van der Waals surface area (Å²) >= 11 is 0. The van der Waals surface area contributed by atoms with Crippen molar-refractivity contribution in [3.8, 4) is 5.75 Å². The predicted octanol–water partition coefficient (Wildman–Crippen LogP) is 6.65. The van der Waals surface area contributed by atoms with E-state index in [9.17, 15) is 9.50 Å². The molecule has 1 heterocycles. The Morgan fingerprint density at radius 1 is 1.12 bits per heavy atom. The second-order valence-corrected chi connectivity index (χ2v) is 9.55. The smallest absolute Gasteiger partial charge is 0.123 e. The Hall–Kier alpha value is -2.59. The molecule has 2 aliphatic rings. The molecule has 1 aliphatic carbocycles. The van der Waals surface area contributed by atoms with Gasteiger partial charge in [-0.1, -0.05) is 37.6 Å². The monoisotopic (exact) mass is 448 g/mol. The number of aromatic hydroxyl groups is 1. The van der Waals surface area contributed by atoms with Gasteiger partial charge in [-0.3, -0.25) is 0 Å². The highest BCUT2D eigenvalue weighted by Crippen LogP contribution is 2.40. The lowest BCUT2D eigenvalue weighted by atomic mass is 9.85. The zero-order valence-electron chi connectivity index (χ0n) is 20.0. The van der Waals surface area contributed by atoms with Gasteiger partial charge in [0.2, 0.25) is 0 Å². The van der Waals surface area contributed by atoms with Crippen LogP contribution in [0.5, 0.6) is 5.75 Å². The van der Waals surface area contributed by atoms with Crippen molar-refractivity contribution in [2.45, 2.75) is 51.5 Å². The highest BCUT2D eigenvalue weighted by Gasteiger charge is 2.28. The fraction of sp³-hybridized carbons (Fsp3) is 0.448. The summed E-state index contributed by atoms with van der Waals surface area (Å²) in [4.78, 5) is 4.77. The van der Waals surface area contributed by atoms with Gasteiger partial charge >= 0.3 is 0 Å². The molecule has 0 aromatic heterocycles. The average molecular weight is 449 g/mol. The second kappa shape index (κ2) is 11.0. The van der Waals surface area contributed by atoms with Crippen LogP contribution in [0.2, 0.25) is 0 Å². The Balaban J connectivity index is 1.44. The van der Waals surface area contributed by atoms with Gasteiger partial charge < -0.3 is 14.9 Å². The Morgan fingerprint density at radius 3 is 2.67 bits per heavy atom. The van der Waals surface area contributed by atoms with E-state index in [2.05, 4.69) is 48.1 Å². The van der Waals surface area contributed by atoms with Crippen molar-refractivity contribution in [2.24, 2.45) is 5.92 Å². The molecule has 0 saturated carbocycles. The molecule has 2 atom stereocenters. The molecule has 3 nitrogen and oxygen atoms in total. The molecule has 0 radical (unpaired) electrons. The molecular formula is C29H37FN2O. The van der Waals surface area contributed by atoms with E-state index in [1.54, 1.807) is 18.2 Å². The SMILES string of the molecule is CCN(C)CCCC[C@@H]1C=CC(CC2c3ccc(O)cc3CCN2c2ccc(F)cc2)=CC1. The Morgan fingerprint density at radius 2 is 1.94 bits per heavy atom. The molecule has 0 fully saturated rings. The first-order valence-electron chi connectivity index (χ1n) is 12.4. The number of anilines is 1. The quantitative estimate of drug-likeness (QED) is 0.435. The van der Waals surface area contributed by atoms with Gasteiger partial charge in [0.1, 0.15) is 11.6 Å². The van der Waals surface area contributed by atoms with Gasteiger partial charge in [-0.25, -0.2) is 4.39 Å². The van der Waals surface area contributed by atoms with Crippen molar-refractivity contribution >= 4 is 5.69 Å². The fourth-order valence-corrected chi connectivity index (χ4v) is 5.10. The van der Waals surface area contributed by atoms with Crippen LogP contribution in [0.1, 0.15) is 56.2 Å². The molecule has 4 rings (SSSR count). The zero-order chi connectivity index (χ0) is 23.2. The van der Waals surface area contributed by atoms with Gasteiger partial charge in [-0.15, -0.1) is 0 Å². The third-order valence-electron chi connectivity index (χ3n) is 7.24. The maximum absolute atomic E-state index is 13.5. The van der Waals surface area contributed by atoms with Gasteiger partial charge in [0.25, 0.3) is 0 Å². The normalized spacial score (nSPS) is 20.1. The molecular weight excluding hydrogens is 411 g/mol. The van der Waals surface area contributed by atoms with Gasteiger partial charge in [0.15, 0.2) is 0 Å². The molecule has 0 saturated heterocycles. The van der Waals surface area contributed by atoms with Crippen LogP contribution >= 0.6 is 0 Å². The minimum atomic E-state index is -0.206. The van der Waals surface area contributed by atoms with E-state index in [1.807, 2.05) is 18.2 Å².